The maximum atomic E-state index is 12.7. The minimum atomic E-state index is -0.589. The van der Waals surface area contributed by atoms with Crippen LogP contribution >= 0.6 is 15.9 Å². The van der Waals surface area contributed by atoms with Crippen molar-refractivity contribution in [3.05, 3.63) is 69.3 Å². The third-order valence-corrected chi connectivity index (χ3v) is 6.31. The molecular weight excluding hydrogens is 516 g/mol. The number of methoxy groups -OCH3 is 1. The molecule has 0 N–H and O–H groups in total. The minimum Gasteiger partial charge on any atom is -0.493 e. The van der Waals surface area contributed by atoms with Crippen molar-refractivity contribution >= 4 is 21.9 Å². The van der Waals surface area contributed by atoms with Gasteiger partial charge in [0, 0.05) is 10.0 Å². The lowest BCUT2D eigenvalue weighted by atomic mass is 10.2. The van der Waals surface area contributed by atoms with Crippen molar-refractivity contribution in [2.45, 2.75) is 34.3 Å². The average Bonchev–Trinajstić information content (AvgIpc) is 3.42. The van der Waals surface area contributed by atoms with Crippen LogP contribution in [0.4, 0.5) is 0 Å². The van der Waals surface area contributed by atoms with E-state index in [0.29, 0.717) is 41.1 Å². The highest BCUT2D eigenvalue weighted by Crippen LogP contribution is 2.33. The van der Waals surface area contributed by atoms with E-state index in [1.54, 1.807) is 37.8 Å². The minimum absolute atomic E-state index is 0.0635. The summed E-state index contributed by atoms with van der Waals surface area (Å²) in [7, 11) is 1.57. The smallest absolute Gasteiger partial charge is 0.361 e. The molecule has 0 radical (unpaired) electrons. The van der Waals surface area contributed by atoms with Crippen LogP contribution in [0.1, 0.15) is 40.1 Å². The molecule has 0 saturated carbocycles. The first kappa shape index (κ1) is 24.5. The number of oxazole rings is 1. The normalized spacial score (nSPS) is 10.9. The van der Waals surface area contributed by atoms with E-state index in [4.69, 9.17) is 18.6 Å². The van der Waals surface area contributed by atoms with Crippen LogP contribution in [0.5, 0.6) is 11.5 Å². The van der Waals surface area contributed by atoms with Gasteiger partial charge >= 0.3 is 5.97 Å². The molecule has 0 aliphatic rings. The summed E-state index contributed by atoms with van der Waals surface area (Å²) in [5.74, 6) is 1.56. The second-order valence-corrected chi connectivity index (χ2v) is 8.62. The summed E-state index contributed by atoms with van der Waals surface area (Å²) in [6.07, 6.45) is 0. The number of rotatable bonds is 8. The van der Waals surface area contributed by atoms with Crippen LogP contribution < -0.4 is 9.47 Å². The van der Waals surface area contributed by atoms with E-state index in [1.807, 2.05) is 38.1 Å². The van der Waals surface area contributed by atoms with Crippen LogP contribution in [0, 0.1) is 20.8 Å². The Morgan fingerprint density at radius 3 is 2.63 bits per heavy atom. The van der Waals surface area contributed by atoms with E-state index in [1.165, 1.54) is 0 Å². The molecular formula is C25H25BrN4O5. The number of hydrogen-bond donors (Lipinski definition) is 0. The van der Waals surface area contributed by atoms with Gasteiger partial charge in [0.2, 0.25) is 5.89 Å². The lowest BCUT2D eigenvalue weighted by Gasteiger charge is -2.09. The summed E-state index contributed by atoms with van der Waals surface area (Å²) in [6, 6.07) is 11.2. The molecule has 0 aliphatic carbocycles. The molecule has 35 heavy (non-hydrogen) atoms. The highest BCUT2D eigenvalue weighted by Gasteiger charge is 2.21. The van der Waals surface area contributed by atoms with Gasteiger partial charge in [-0.05, 0) is 69.7 Å². The molecule has 0 unspecified atom stereocenters. The maximum Gasteiger partial charge on any atom is 0.361 e. The van der Waals surface area contributed by atoms with Crippen molar-refractivity contribution in [1.29, 1.82) is 0 Å². The number of hydrogen-bond acceptors (Lipinski definition) is 8. The molecule has 4 aromatic rings. The number of aryl methyl sites for hydroxylation is 2. The van der Waals surface area contributed by atoms with Crippen molar-refractivity contribution in [2.75, 3.05) is 13.7 Å². The number of esters is 1. The second-order valence-electron chi connectivity index (χ2n) is 7.77. The van der Waals surface area contributed by atoms with Crippen LogP contribution in [0.15, 0.2) is 45.3 Å². The van der Waals surface area contributed by atoms with E-state index in [2.05, 4.69) is 31.2 Å². The standard InChI is InChI=1S/C25H25BrN4O5/c1-6-33-21-10-7-17(12-22(21)32-5)24-27-20(16(4)35-24)13-34-25(31)23-15(3)30(29-28-23)18-8-9-19(26)14(2)11-18/h7-12H,6,13H2,1-5H3. The predicted molar refractivity (Wildman–Crippen MR) is 132 cm³/mol. The van der Waals surface area contributed by atoms with Crippen molar-refractivity contribution in [3.63, 3.8) is 0 Å². The molecule has 9 nitrogen and oxygen atoms in total. The van der Waals surface area contributed by atoms with Gasteiger partial charge in [0.25, 0.3) is 0 Å². The number of halogens is 1. The van der Waals surface area contributed by atoms with E-state index in [0.717, 1.165) is 21.3 Å². The Balaban J connectivity index is 1.49. The summed E-state index contributed by atoms with van der Waals surface area (Å²) in [4.78, 5) is 17.2. The van der Waals surface area contributed by atoms with Crippen LogP contribution in [0.3, 0.4) is 0 Å². The summed E-state index contributed by atoms with van der Waals surface area (Å²) in [5, 5.41) is 8.16. The van der Waals surface area contributed by atoms with Crippen LogP contribution in [0.25, 0.3) is 17.1 Å². The fourth-order valence-corrected chi connectivity index (χ4v) is 3.73. The van der Waals surface area contributed by atoms with E-state index in [-0.39, 0.29) is 12.3 Å². The highest BCUT2D eigenvalue weighted by molar-refractivity contribution is 9.10. The average molecular weight is 541 g/mol. The third kappa shape index (κ3) is 5.07. The molecule has 2 aromatic heterocycles. The Hall–Kier alpha value is -3.66. The lowest BCUT2D eigenvalue weighted by molar-refractivity contribution is 0.0459. The zero-order valence-corrected chi connectivity index (χ0v) is 21.7. The van der Waals surface area contributed by atoms with Gasteiger partial charge in [-0.25, -0.2) is 14.5 Å². The Labute approximate surface area is 211 Å². The van der Waals surface area contributed by atoms with Gasteiger partial charge in [0.15, 0.2) is 17.2 Å². The quantitative estimate of drug-likeness (QED) is 0.274. The van der Waals surface area contributed by atoms with Gasteiger partial charge in [-0.1, -0.05) is 21.1 Å². The van der Waals surface area contributed by atoms with Crippen molar-refractivity contribution in [3.8, 4) is 28.6 Å². The zero-order chi connectivity index (χ0) is 25.1. The highest BCUT2D eigenvalue weighted by atomic mass is 79.9. The first-order valence-corrected chi connectivity index (χ1v) is 11.7. The molecule has 0 fully saturated rings. The van der Waals surface area contributed by atoms with Crippen LogP contribution in [-0.2, 0) is 11.3 Å². The second kappa shape index (κ2) is 10.3. The van der Waals surface area contributed by atoms with Crippen molar-refractivity contribution < 1.29 is 23.4 Å². The van der Waals surface area contributed by atoms with Gasteiger partial charge in [-0.3, -0.25) is 0 Å². The molecule has 0 aliphatic heterocycles. The fraction of sp³-hybridized carbons (Fsp3) is 0.280. The molecule has 2 aromatic carbocycles. The summed E-state index contributed by atoms with van der Waals surface area (Å²) < 4.78 is 24.8. The summed E-state index contributed by atoms with van der Waals surface area (Å²) in [5.41, 5.74) is 3.80. The van der Waals surface area contributed by atoms with Crippen molar-refractivity contribution in [1.82, 2.24) is 20.0 Å². The Morgan fingerprint density at radius 1 is 1.11 bits per heavy atom. The topological polar surface area (TPSA) is 102 Å². The largest absolute Gasteiger partial charge is 0.493 e. The Kier molecular flexibility index (Phi) is 7.20. The maximum absolute atomic E-state index is 12.7. The fourth-order valence-electron chi connectivity index (χ4n) is 3.49. The van der Waals surface area contributed by atoms with Gasteiger partial charge < -0.3 is 18.6 Å². The number of carbonyl (C=O) groups excluding carboxylic acids is 1. The predicted octanol–water partition coefficient (Wildman–Crippen LogP) is 5.37. The van der Waals surface area contributed by atoms with Crippen molar-refractivity contribution in [2.24, 2.45) is 0 Å². The van der Waals surface area contributed by atoms with Crippen LogP contribution in [0.2, 0.25) is 0 Å². The molecule has 10 heteroatoms. The third-order valence-electron chi connectivity index (χ3n) is 5.42. The summed E-state index contributed by atoms with van der Waals surface area (Å²) >= 11 is 3.49. The molecule has 182 valence electrons. The SMILES string of the molecule is CCOc1ccc(-c2nc(COC(=O)c3nnn(-c4ccc(Br)c(C)c4)c3C)c(C)o2)cc1OC. The van der Waals surface area contributed by atoms with Crippen LogP contribution in [-0.4, -0.2) is 39.7 Å². The van der Waals surface area contributed by atoms with Gasteiger partial charge in [0.05, 0.1) is 25.1 Å². The lowest BCUT2D eigenvalue weighted by Crippen LogP contribution is -2.09. The number of nitrogens with zero attached hydrogens (tertiary/aromatic N) is 4. The molecule has 0 amide bonds. The Morgan fingerprint density at radius 2 is 1.91 bits per heavy atom. The van der Waals surface area contributed by atoms with Gasteiger partial charge in [0.1, 0.15) is 18.1 Å². The van der Waals surface area contributed by atoms with E-state index < -0.39 is 5.97 Å². The molecule has 0 bridgehead atoms. The number of aromatic nitrogens is 4. The molecule has 4 rings (SSSR count). The number of carbonyl (C=O) groups is 1. The van der Waals surface area contributed by atoms with E-state index in [9.17, 15) is 4.79 Å². The molecule has 0 spiro atoms. The number of benzene rings is 2. The number of ether oxygens (including phenoxy) is 3. The molecule has 2 heterocycles. The first-order chi connectivity index (χ1) is 16.8. The molecule has 0 saturated heterocycles. The zero-order valence-electron chi connectivity index (χ0n) is 20.1. The summed E-state index contributed by atoms with van der Waals surface area (Å²) in [6.45, 7) is 7.88. The first-order valence-electron chi connectivity index (χ1n) is 11.0. The van der Waals surface area contributed by atoms with Gasteiger partial charge in [-0.15, -0.1) is 5.10 Å². The monoisotopic (exact) mass is 540 g/mol. The van der Waals surface area contributed by atoms with Gasteiger partial charge in [-0.2, -0.15) is 0 Å². The Bertz CT molecular complexity index is 1380. The van der Waals surface area contributed by atoms with E-state index >= 15 is 0 Å². The molecule has 0 atom stereocenters.